The van der Waals surface area contributed by atoms with E-state index < -0.39 is 30.4 Å². The smallest absolute Gasteiger partial charge is 0.308 e. The summed E-state index contributed by atoms with van der Waals surface area (Å²) in [5, 5.41) is 39.1. The first-order valence-electron chi connectivity index (χ1n) is 11.0. The number of carbonyl (C=O) groups is 2. The number of carboxylic acid groups (broad SMARTS) is 1. The summed E-state index contributed by atoms with van der Waals surface area (Å²) in [7, 11) is 0. The van der Waals surface area contributed by atoms with E-state index in [0.717, 1.165) is 5.57 Å². The minimum absolute atomic E-state index is 0.0156. The van der Waals surface area contributed by atoms with E-state index in [9.17, 15) is 24.9 Å². The first kappa shape index (κ1) is 24.6. The molecule has 2 aliphatic rings. The Bertz CT molecular complexity index is 656. The summed E-state index contributed by atoms with van der Waals surface area (Å²) < 4.78 is 5.84. The number of hydrogen-bond acceptors (Lipinski definition) is 6. The van der Waals surface area contributed by atoms with Gasteiger partial charge in [0, 0.05) is 12.3 Å². The number of rotatable bonds is 10. The Morgan fingerprint density at radius 1 is 1.27 bits per heavy atom. The fraction of sp³-hybridized carbons (Fsp3) is 0.739. The van der Waals surface area contributed by atoms with Gasteiger partial charge in [0.05, 0.1) is 30.7 Å². The fourth-order valence-electron chi connectivity index (χ4n) is 4.52. The number of carbonyl (C=O) groups excluding carboxylic acids is 1. The topological polar surface area (TPSA) is 124 Å². The number of hydrogen-bond donors (Lipinski definition) is 4. The Morgan fingerprint density at radius 3 is 2.60 bits per heavy atom. The summed E-state index contributed by atoms with van der Waals surface area (Å²) in [6.45, 7) is 5.85. The van der Waals surface area contributed by atoms with Crippen LogP contribution in [0.4, 0.5) is 0 Å². The monoisotopic (exact) mass is 424 g/mol. The van der Waals surface area contributed by atoms with Gasteiger partial charge in [-0.1, -0.05) is 39.0 Å². The summed E-state index contributed by atoms with van der Waals surface area (Å²) in [5.41, 5.74) is 0.958. The van der Waals surface area contributed by atoms with Crippen LogP contribution >= 0.6 is 0 Å². The van der Waals surface area contributed by atoms with E-state index in [1.807, 2.05) is 26.0 Å². The van der Waals surface area contributed by atoms with Gasteiger partial charge in [0.1, 0.15) is 6.10 Å². The van der Waals surface area contributed by atoms with Crippen LogP contribution in [-0.2, 0) is 14.3 Å². The van der Waals surface area contributed by atoms with Gasteiger partial charge >= 0.3 is 11.9 Å². The lowest BCUT2D eigenvalue weighted by atomic mass is 9.66. The maximum Gasteiger partial charge on any atom is 0.308 e. The van der Waals surface area contributed by atoms with E-state index in [0.29, 0.717) is 25.7 Å². The summed E-state index contributed by atoms with van der Waals surface area (Å²) in [5.74, 6) is -1.31. The molecule has 7 nitrogen and oxygen atoms in total. The summed E-state index contributed by atoms with van der Waals surface area (Å²) in [6.07, 6.45) is 4.64. The largest absolute Gasteiger partial charge is 0.481 e. The fourth-order valence-corrected chi connectivity index (χ4v) is 4.52. The van der Waals surface area contributed by atoms with Crippen molar-refractivity contribution in [1.29, 1.82) is 0 Å². The number of esters is 1. The second-order valence-electron chi connectivity index (χ2n) is 8.88. The molecule has 0 saturated heterocycles. The third kappa shape index (κ3) is 6.65. The first-order valence-corrected chi connectivity index (χ1v) is 11.0. The average molecular weight is 425 g/mol. The molecule has 0 heterocycles. The van der Waals surface area contributed by atoms with Gasteiger partial charge in [-0.3, -0.25) is 9.59 Å². The Hall–Kier alpha value is -1.70. The van der Waals surface area contributed by atoms with Gasteiger partial charge in [0.2, 0.25) is 0 Å². The van der Waals surface area contributed by atoms with Crippen LogP contribution in [0.5, 0.6) is 0 Å². The molecular weight excluding hydrogens is 388 g/mol. The minimum atomic E-state index is -1.10. The van der Waals surface area contributed by atoms with Crippen molar-refractivity contribution in [2.75, 3.05) is 0 Å². The van der Waals surface area contributed by atoms with Crippen LogP contribution in [0.15, 0.2) is 23.8 Å². The predicted octanol–water partition coefficient (Wildman–Crippen LogP) is 2.44. The normalized spacial score (nSPS) is 31.3. The molecule has 2 rings (SSSR count). The molecule has 0 saturated carbocycles. The minimum Gasteiger partial charge on any atom is -0.481 e. The molecule has 2 aliphatic carbocycles. The number of aliphatic hydroxyl groups is 3. The van der Waals surface area contributed by atoms with E-state index in [4.69, 9.17) is 9.84 Å². The lowest BCUT2D eigenvalue weighted by Gasteiger charge is -2.43. The zero-order valence-corrected chi connectivity index (χ0v) is 18.1. The lowest BCUT2D eigenvalue weighted by Crippen LogP contribution is -2.43. The average Bonchev–Trinajstić information content (AvgIpc) is 2.65. The van der Waals surface area contributed by atoms with Crippen molar-refractivity contribution in [1.82, 2.24) is 0 Å². The van der Waals surface area contributed by atoms with E-state index in [1.54, 1.807) is 0 Å². The predicted molar refractivity (Wildman–Crippen MR) is 111 cm³/mol. The number of carboxylic acids is 1. The van der Waals surface area contributed by atoms with Gasteiger partial charge in [-0.15, -0.1) is 0 Å². The summed E-state index contributed by atoms with van der Waals surface area (Å²) in [4.78, 5) is 23.1. The molecule has 0 bridgehead atoms. The highest BCUT2D eigenvalue weighted by Crippen LogP contribution is 2.44. The molecular formula is C23H36O7. The van der Waals surface area contributed by atoms with Crippen molar-refractivity contribution >= 4 is 11.9 Å². The molecule has 7 heteroatoms. The maximum absolute atomic E-state index is 12.4. The van der Waals surface area contributed by atoms with Crippen LogP contribution < -0.4 is 0 Å². The van der Waals surface area contributed by atoms with Crippen LogP contribution in [0.25, 0.3) is 0 Å². The lowest BCUT2D eigenvalue weighted by molar-refractivity contribution is -0.159. The Balaban J connectivity index is 2.09. The summed E-state index contributed by atoms with van der Waals surface area (Å²) in [6, 6.07) is 0. The van der Waals surface area contributed by atoms with Crippen LogP contribution in [0.2, 0.25) is 0 Å². The standard InChI is InChI=1S/C23H36O7/c1-4-13(2)23(29)30-20-11-17(25)9-15-6-5-14(3)19(22(15)20)8-7-16(24)10-18(26)12-21(27)28/h5-6,9,13-14,16-20,22,24-26H,4,7-8,10-12H2,1-3H3,(H,27,28)/t13-,14-,16-,17+,18-,19-,20+,22+/m0/s1. The first-order chi connectivity index (χ1) is 14.1. The molecule has 0 amide bonds. The zero-order chi connectivity index (χ0) is 22.4. The molecule has 0 radical (unpaired) electrons. The molecule has 0 unspecified atom stereocenters. The molecule has 8 atom stereocenters. The van der Waals surface area contributed by atoms with E-state index in [1.165, 1.54) is 0 Å². The highest BCUT2D eigenvalue weighted by atomic mass is 16.5. The molecule has 4 N–H and O–H groups in total. The molecule has 0 aromatic carbocycles. The Kier molecular flexibility index (Phi) is 9.07. The van der Waals surface area contributed by atoms with Crippen molar-refractivity contribution in [3.8, 4) is 0 Å². The van der Waals surface area contributed by atoms with Crippen molar-refractivity contribution < 1.29 is 34.8 Å². The van der Waals surface area contributed by atoms with Gasteiger partial charge < -0.3 is 25.2 Å². The van der Waals surface area contributed by atoms with E-state index in [-0.39, 0.29) is 42.5 Å². The van der Waals surface area contributed by atoms with Crippen LogP contribution in [0.3, 0.4) is 0 Å². The second-order valence-corrected chi connectivity index (χ2v) is 8.88. The molecule has 170 valence electrons. The van der Waals surface area contributed by atoms with Gasteiger partial charge in [-0.2, -0.15) is 0 Å². The third-order valence-electron chi connectivity index (χ3n) is 6.44. The van der Waals surface area contributed by atoms with Crippen LogP contribution in [0, 0.1) is 23.7 Å². The van der Waals surface area contributed by atoms with Gasteiger partial charge in [0.25, 0.3) is 0 Å². The molecule has 0 spiro atoms. The van der Waals surface area contributed by atoms with Crippen LogP contribution in [0.1, 0.15) is 59.3 Å². The van der Waals surface area contributed by atoms with Gasteiger partial charge in [-0.25, -0.2) is 0 Å². The molecule has 30 heavy (non-hydrogen) atoms. The van der Waals surface area contributed by atoms with Crippen LogP contribution in [-0.4, -0.2) is 56.8 Å². The van der Waals surface area contributed by atoms with E-state index >= 15 is 0 Å². The van der Waals surface area contributed by atoms with Gasteiger partial charge in [0.15, 0.2) is 0 Å². The molecule has 0 aromatic rings. The molecule has 0 fully saturated rings. The summed E-state index contributed by atoms with van der Waals surface area (Å²) >= 11 is 0. The number of fused-ring (bicyclic) bond motifs is 1. The van der Waals surface area contributed by atoms with Crippen molar-refractivity contribution in [3.63, 3.8) is 0 Å². The highest BCUT2D eigenvalue weighted by molar-refractivity contribution is 5.72. The Labute approximate surface area is 178 Å². The number of aliphatic hydroxyl groups excluding tert-OH is 3. The second kappa shape index (κ2) is 11.1. The SMILES string of the molecule is CC[C@H](C)C(=O)O[C@@H]1C[C@H](O)C=C2C=C[C@H](C)[C@H](CC[C@H](O)C[C@H](O)CC(=O)O)[C@@H]21. The highest BCUT2D eigenvalue weighted by Gasteiger charge is 2.42. The van der Waals surface area contributed by atoms with Crippen molar-refractivity contribution in [2.45, 2.75) is 83.7 Å². The zero-order valence-electron chi connectivity index (χ0n) is 18.1. The quantitative estimate of drug-likeness (QED) is 0.397. The van der Waals surface area contributed by atoms with Gasteiger partial charge in [-0.05, 0) is 43.1 Å². The molecule has 0 aromatic heterocycles. The number of aliphatic carboxylic acids is 1. The Morgan fingerprint density at radius 2 is 1.97 bits per heavy atom. The number of ether oxygens (including phenoxy) is 1. The number of allylic oxidation sites excluding steroid dienone is 2. The molecule has 0 aliphatic heterocycles. The van der Waals surface area contributed by atoms with E-state index in [2.05, 4.69) is 13.0 Å². The maximum atomic E-state index is 12.4. The third-order valence-corrected chi connectivity index (χ3v) is 6.44. The van der Waals surface area contributed by atoms with Crippen molar-refractivity contribution in [2.24, 2.45) is 23.7 Å². The van der Waals surface area contributed by atoms with Crippen molar-refractivity contribution in [3.05, 3.63) is 23.8 Å².